The maximum absolute atomic E-state index is 9.14. The molecule has 1 aromatic heterocycles. The Balaban J connectivity index is 2.49. The Morgan fingerprint density at radius 1 is 1.47 bits per heavy atom. The molecule has 4 heteroatoms. The molecule has 1 atom stereocenters. The van der Waals surface area contributed by atoms with Gasteiger partial charge in [-0.25, -0.2) is 4.98 Å². The van der Waals surface area contributed by atoms with Gasteiger partial charge in [0.15, 0.2) is 0 Å². The SMILES string of the molecule is CC(C)[C@@H](CO)NCc1cccc(Br)n1. The Kier molecular flexibility index (Phi) is 5.22. The first-order valence-corrected chi connectivity index (χ1v) is 5.88. The van der Waals surface area contributed by atoms with Crippen LogP contribution in [0.15, 0.2) is 22.8 Å². The van der Waals surface area contributed by atoms with Gasteiger partial charge in [0.25, 0.3) is 0 Å². The van der Waals surface area contributed by atoms with Crippen molar-refractivity contribution in [2.45, 2.75) is 26.4 Å². The van der Waals surface area contributed by atoms with Crippen LogP contribution in [0.4, 0.5) is 0 Å². The highest BCUT2D eigenvalue weighted by Gasteiger charge is 2.11. The topological polar surface area (TPSA) is 45.1 Å². The van der Waals surface area contributed by atoms with E-state index in [1.54, 1.807) is 0 Å². The number of aromatic nitrogens is 1. The minimum Gasteiger partial charge on any atom is -0.395 e. The van der Waals surface area contributed by atoms with E-state index in [0.717, 1.165) is 10.3 Å². The van der Waals surface area contributed by atoms with E-state index in [1.807, 2.05) is 18.2 Å². The van der Waals surface area contributed by atoms with E-state index < -0.39 is 0 Å². The first-order chi connectivity index (χ1) is 7.13. The molecule has 0 fully saturated rings. The van der Waals surface area contributed by atoms with Gasteiger partial charge >= 0.3 is 0 Å². The van der Waals surface area contributed by atoms with Gasteiger partial charge in [-0.3, -0.25) is 0 Å². The van der Waals surface area contributed by atoms with Crippen LogP contribution < -0.4 is 5.32 Å². The fraction of sp³-hybridized carbons (Fsp3) is 0.545. The molecule has 1 aromatic rings. The molecule has 0 bridgehead atoms. The molecule has 84 valence electrons. The van der Waals surface area contributed by atoms with Gasteiger partial charge in [-0.1, -0.05) is 19.9 Å². The van der Waals surface area contributed by atoms with Crippen molar-refractivity contribution in [2.24, 2.45) is 5.92 Å². The highest BCUT2D eigenvalue weighted by Crippen LogP contribution is 2.07. The van der Waals surface area contributed by atoms with Gasteiger partial charge in [-0.2, -0.15) is 0 Å². The largest absolute Gasteiger partial charge is 0.395 e. The number of halogens is 1. The normalized spacial score (nSPS) is 13.1. The lowest BCUT2D eigenvalue weighted by Gasteiger charge is -2.19. The molecule has 0 saturated carbocycles. The van der Waals surface area contributed by atoms with E-state index in [0.29, 0.717) is 12.5 Å². The second-order valence-corrected chi connectivity index (χ2v) is 4.68. The van der Waals surface area contributed by atoms with E-state index in [2.05, 4.69) is 40.1 Å². The molecule has 0 aliphatic rings. The third kappa shape index (κ3) is 4.28. The third-order valence-electron chi connectivity index (χ3n) is 2.32. The average molecular weight is 273 g/mol. The molecule has 0 amide bonds. The van der Waals surface area contributed by atoms with E-state index in [-0.39, 0.29) is 12.6 Å². The van der Waals surface area contributed by atoms with Crippen molar-refractivity contribution in [1.29, 1.82) is 0 Å². The van der Waals surface area contributed by atoms with Crippen molar-refractivity contribution in [3.63, 3.8) is 0 Å². The summed E-state index contributed by atoms with van der Waals surface area (Å²) in [7, 11) is 0. The Labute approximate surface area is 99.1 Å². The Bertz CT molecular complexity index is 304. The average Bonchev–Trinajstić information content (AvgIpc) is 2.18. The molecule has 0 aliphatic carbocycles. The molecular weight excluding hydrogens is 256 g/mol. The van der Waals surface area contributed by atoms with Crippen LogP contribution in [0.25, 0.3) is 0 Å². The highest BCUT2D eigenvalue weighted by atomic mass is 79.9. The molecule has 0 aliphatic heterocycles. The van der Waals surface area contributed by atoms with Gasteiger partial charge in [-0.05, 0) is 34.0 Å². The second-order valence-electron chi connectivity index (χ2n) is 3.87. The summed E-state index contributed by atoms with van der Waals surface area (Å²) >= 11 is 3.33. The van der Waals surface area contributed by atoms with E-state index >= 15 is 0 Å². The van der Waals surface area contributed by atoms with E-state index in [9.17, 15) is 0 Å². The van der Waals surface area contributed by atoms with Crippen molar-refractivity contribution < 1.29 is 5.11 Å². The summed E-state index contributed by atoms with van der Waals surface area (Å²) in [4.78, 5) is 4.31. The second kappa shape index (κ2) is 6.20. The van der Waals surface area contributed by atoms with E-state index in [4.69, 9.17) is 5.11 Å². The van der Waals surface area contributed by atoms with Crippen LogP contribution in [0.2, 0.25) is 0 Å². The van der Waals surface area contributed by atoms with Crippen molar-refractivity contribution in [3.8, 4) is 0 Å². The van der Waals surface area contributed by atoms with Crippen molar-refractivity contribution in [2.75, 3.05) is 6.61 Å². The predicted molar refractivity (Wildman–Crippen MR) is 64.5 cm³/mol. The van der Waals surface area contributed by atoms with E-state index in [1.165, 1.54) is 0 Å². The zero-order valence-electron chi connectivity index (χ0n) is 9.07. The number of aliphatic hydroxyl groups excluding tert-OH is 1. The molecule has 3 nitrogen and oxygen atoms in total. The summed E-state index contributed by atoms with van der Waals surface area (Å²) in [6.45, 7) is 5.01. The highest BCUT2D eigenvalue weighted by molar-refractivity contribution is 9.10. The zero-order chi connectivity index (χ0) is 11.3. The maximum atomic E-state index is 9.14. The fourth-order valence-electron chi connectivity index (χ4n) is 1.30. The molecule has 0 radical (unpaired) electrons. The quantitative estimate of drug-likeness (QED) is 0.806. The molecular formula is C11H17BrN2O. The van der Waals surface area contributed by atoms with Crippen LogP contribution in [0.5, 0.6) is 0 Å². The summed E-state index contributed by atoms with van der Waals surface area (Å²) < 4.78 is 0.840. The zero-order valence-corrected chi connectivity index (χ0v) is 10.7. The lowest BCUT2D eigenvalue weighted by atomic mass is 10.1. The van der Waals surface area contributed by atoms with Crippen molar-refractivity contribution in [1.82, 2.24) is 10.3 Å². The maximum Gasteiger partial charge on any atom is 0.106 e. The third-order valence-corrected chi connectivity index (χ3v) is 2.76. The van der Waals surface area contributed by atoms with Crippen molar-refractivity contribution in [3.05, 3.63) is 28.5 Å². The molecule has 1 rings (SSSR count). The minimum atomic E-state index is 0.130. The number of rotatable bonds is 5. The number of nitrogens with zero attached hydrogens (tertiary/aromatic N) is 1. The molecule has 0 aromatic carbocycles. The lowest BCUT2D eigenvalue weighted by molar-refractivity contribution is 0.209. The number of aliphatic hydroxyl groups is 1. The molecule has 2 N–H and O–H groups in total. The molecule has 0 spiro atoms. The van der Waals surface area contributed by atoms with Gasteiger partial charge in [0.05, 0.1) is 12.3 Å². The fourth-order valence-corrected chi connectivity index (χ4v) is 1.68. The van der Waals surface area contributed by atoms with Gasteiger partial charge in [0.1, 0.15) is 4.60 Å². The number of hydrogen-bond donors (Lipinski definition) is 2. The first-order valence-electron chi connectivity index (χ1n) is 5.09. The predicted octanol–water partition coefficient (Wildman–Crippen LogP) is 1.95. The summed E-state index contributed by atoms with van der Waals surface area (Å²) in [6, 6.07) is 5.95. The van der Waals surface area contributed by atoms with Crippen molar-refractivity contribution >= 4 is 15.9 Å². The molecule has 1 heterocycles. The van der Waals surface area contributed by atoms with Crippen LogP contribution in [-0.2, 0) is 6.54 Å². The minimum absolute atomic E-state index is 0.130. The van der Waals surface area contributed by atoms with Crippen LogP contribution in [0, 0.1) is 5.92 Å². The molecule has 0 unspecified atom stereocenters. The standard InChI is InChI=1S/C11H17BrN2O/c1-8(2)10(7-15)13-6-9-4-3-5-11(12)14-9/h3-5,8,10,13,15H,6-7H2,1-2H3/t10-/m1/s1. The monoisotopic (exact) mass is 272 g/mol. The molecule has 0 saturated heterocycles. The molecule has 15 heavy (non-hydrogen) atoms. The first kappa shape index (κ1) is 12.6. The Morgan fingerprint density at radius 3 is 2.73 bits per heavy atom. The smallest absolute Gasteiger partial charge is 0.106 e. The van der Waals surface area contributed by atoms with Crippen LogP contribution in [0.1, 0.15) is 19.5 Å². The lowest BCUT2D eigenvalue weighted by Crippen LogP contribution is -2.36. The summed E-state index contributed by atoms with van der Waals surface area (Å²) in [6.07, 6.45) is 0. The number of nitrogens with one attached hydrogen (secondary N) is 1. The summed E-state index contributed by atoms with van der Waals surface area (Å²) in [5.74, 6) is 0.419. The number of pyridine rings is 1. The van der Waals surface area contributed by atoms with Crippen LogP contribution in [-0.4, -0.2) is 22.7 Å². The van der Waals surface area contributed by atoms with Gasteiger partial charge in [0, 0.05) is 12.6 Å². The number of hydrogen-bond acceptors (Lipinski definition) is 3. The summed E-state index contributed by atoms with van der Waals surface area (Å²) in [5, 5.41) is 12.4. The van der Waals surface area contributed by atoms with Gasteiger partial charge in [0.2, 0.25) is 0 Å². The van der Waals surface area contributed by atoms with Gasteiger partial charge in [-0.15, -0.1) is 0 Å². The van der Waals surface area contributed by atoms with Crippen LogP contribution in [0.3, 0.4) is 0 Å². The Morgan fingerprint density at radius 2 is 2.20 bits per heavy atom. The summed E-state index contributed by atoms with van der Waals surface area (Å²) in [5.41, 5.74) is 0.975. The Hall–Kier alpha value is -0.450. The van der Waals surface area contributed by atoms with Crippen LogP contribution >= 0.6 is 15.9 Å². The van der Waals surface area contributed by atoms with Gasteiger partial charge < -0.3 is 10.4 Å².